The second-order valence-corrected chi connectivity index (χ2v) is 12.3. The molecule has 0 saturated heterocycles. The number of amides is 1. The summed E-state index contributed by atoms with van der Waals surface area (Å²) in [4.78, 5) is 18.3. The molecule has 1 atom stereocenters. The van der Waals surface area contributed by atoms with Crippen molar-refractivity contribution >= 4 is 33.5 Å². The molecular formula is C26H34N4O3S. The maximum Gasteiger partial charge on any atom is 0.278 e. The fraction of sp³-hybridized carbons (Fsp3) is 0.538. The molecule has 1 aromatic rings. The van der Waals surface area contributed by atoms with E-state index in [9.17, 15) is 15.0 Å². The van der Waals surface area contributed by atoms with Gasteiger partial charge in [0.15, 0.2) is 5.79 Å². The highest BCUT2D eigenvalue weighted by Gasteiger charge is 2.43. The Balaban J connectivity index is 1.66. The average Bonchev–Trinajstić information content (AvgIpc) is 3.21. The van der Waals surface area contributed by atoms with Gasteiger partial charge in [-0.3, -0.25) is 9.78 Å². The van der Waals surface area contributed by atoms with E-state index in [1.54, 1.807) is 5.41 Å². The van der Waals surface area contributed by atoms with Crippen molar-refractivity contribution in [2.24, 2.45) is 10.8 Å². The van der Waals surface area contributed by atoms with E-state index in [4.69, 9.17) is 10.2 Å². The summed E-state index contributed by atoms with van der Waals surface area (Å²) >= 11 is 0.654. The molecule has 34 heavy (non-hydrogen) atoms. The molecule has 1 aromatic heterocycles. The number of aliphatic hydroxyl groups is 2. The van der Waals surface area contributed by atoms with E-state index in [-0.39, 0.29) is 29.1 Å². The quantitative estimate of drug-likeness (QED) is 0.250. The molecule has 0 radical (unpaired) electrons. The van der Waals surface area contributed by atoms with Gasteiger partial charge in [-0.25, -0.2) is 0 Å². The van der Waals surface area contributed by atoms with E-state index in [1.807, 2.05) is 18.2 Å². The van der Waals surface area contributed by atoms with Gasteiger partial charge in [0.2, 0.25) is 0 Å². The second-order valence-electron chi connectivity index (χ2n) is 11.4. The molecule has 182 valence electrons. The monoisotopic (exact) mass is 482 g/mol. The zero-order valence-corrected chi connectivity index (χ0v) is 21.2. The third-order valence-electron chi connectivity index (χ3n) is 6.90. The van der Waals surface area contributed by atoms with Gasteiger partial charge in [-0.2, -0.15) is 5.26 Å². The van der Waals surface area contributed by atoms with Crippen molar-refractivity contribution in [1.82, 2.24) is 10.3 Å². The number of aromatic nitrogens is 1. The van der Waals surface area contributed by atoms with Crippen LogP contribution in [0.3, 0.4) is 0 Å². The lowest BCUT2D eigenvalue weighted by Gasteiger charge is -2.42. The molecular weight excluding hydrogens is 448 g/mol. The minimum Gasteiger partial charge on any atom is -0.366 e. The molecule has 1 fully saturated rings. The highest BCUT2D eigenvalue weighted by Crippen LogP contribution is 2.47. The molecule has 0 bridgehead atoms. The first-order chi connectivity index (χ1) is 15.9. The van der Waals surface area contributed by atoms with Gasteiger partial charge in [0.25, 0.3) is 5.91 Å². The zero-order valence-electron chi connectivity index (χ0n) is 20.3. The predicted octanol–water partition coefficient (Wildman–Crippen LogP) is 4.15. The summed E-state index contributed by atoms with van der Waals surface area (Å²) in [6, 6.07) is 5.78. The Morgan fingerprint density at radius 3 is 2.62 bits per heavy atom. The van der Waals surface area contributed by atoms with Crippen molar-refractivity contribution in [3.05, 3.63) is 40.7 Å². The molecule has 1 unspecified atom stereocenters. The third-order valence-corrected chi connectivity index (χ3v) is 7.87. The van der Waals surface area contributed by atoms with E-state index < -0.39 is 5.79 Å². The Bertz CT molecular complexity index is 1130. The molecule has 1 amide bonds. The number of nitriles is 1. The van der Waals surface area contributed by atoms with E-state index in [1.165, 1.54) is 0 Å². The summed E-state index contributed by atoms with van der Waals surface area (Å²) in [5, 5.41) is 37.5. The average molecular weight is 483 g/mol. The predicted molar refractivity (Wildman–Crippen MR) is 137 cm³/mol. The smallest absolute Gasteiger partial charge is 0.278 e. The standard InChI is InChI=1S/C26H34N4O3S/c1-24(2)9-7-16(8-10-24)21-20(30-22(31)23-28-18(13-27)14-34-23)6-5-19(29-21)17-11-25(3,4)15-26(32,33)12-17/h5-7,14,17,28,32-34H,8-12,15H2,1-4H3,(H,30,31). The zero-order chi connectivity index (χ0) is 24.7. The topological polar surface area (TPSA) is 118 Å². The van der Waals surface area contributed by atoms with Crippen LogP contribution >= 0.6 is 11.4 Å². The van der Waals surface area contributed by atoms with Crippen LogP contribution in [0.2, 0.25) is 0 Å². The van der Waals surface area contributed by atoms with E-state index in [0.29, 0.717) is 34.1 Å². The van der Waals surface area contributed by atoms with E-state index in [0.717, 1.165) is 42.6 Å². The molecule has 3 aliphatic rings. The highest BCUT2D eigenvalue weighted by molar-refractivity contribution is 8.03. The van der Waals surface area contributed by atoms with Gasteiger partial charge in [0.1, 0.15) is 16.8 Å². The van der Waals surface area contributed by atoms with Crippen LogP contribution in [0.4, 0.5) is 5.69 Å². The number of anilines is 1. The van der Waals surface area contributed by atoms with Gasteiger partial charge in [-0.15, -0.1) is 11.4 Å². The lowest BCUT2D eigenvalue weighted by atomic mass is 9.68. The maximum atomic E-state index is 12.9. The summed E-state index contributed by atoms with van der Waals surface area (Å²) < 4.78 is 0. The van der Waals surface area contributed by atoms with Crippen LogP contribution in [0, 0.1) is 22.2 Å². The Kier molecular flexibility index (Phi) is 6.49. The molecule has 0 spiro atoms. The summed E-state index contributed by atoms with van der Waals surface area (Å²) in [5.74, 6) is -2.10. The number of hydrogen-bond acceptors (Lipinski definition) is 6. The maximum absolute atomic E-state index is 12.9. The number of nitrogens with one attached hydrogen (secondary N) is 2. The minimum atomic E-state index is -1.72. The van der Waals surface area contributed by atoms with Gasteiger partial charge in [-0.05, 0) is 59.6 Å². The third kappa shape index (κ3) is 5.60. The fourth-order valence-electron chi connectivity index (χ4n) is 5.27. The molecule has 2 aliphatic carbocycles. The molecule has 8 heteroatoms. The highest BCUT2D eigenvalue weighted by atomic mass is 32.1. The number of thiol groups is 1. The first kappa shape index (κ1) is 24.6. The van der Waals surface area contributed by atoms with Crippen LogP contribution in [-0.4, -0.2) is 31.9 Å². The number of allylic oxidation sites excluding steroid dienone is 3. The van der Waals surface area contributed by atoms with Gasteiger partial charge < -0.3 is 20.8 Å². The van der Waals surface area contributed by atoms with Crippen molar-refractivity contribution < 1.29 is 15.0 Å². The summed E-state index contributed by atoms with van der Waals surface area (Å²) in [5.41, 5.74) is 3.67. The van der Waals surface area contributed by atoms with Crippen LogP contribution < -0.4 is 10.6 Å². The number of nitrogens with zero attached hydrogens (tertiary/aromatic N) is 2. The van der Waals surface area contributed by atoms with Crippen LogP contribution in [0.15, 0.2) is 29.3 Å². The van der Waals surface area contributed by atoms with E-state index in [2.05, 4.69) is 44.4 Å². The normalized spacial score (nSPS) is 25.0. The number of hydrogen-bond donors (Lipinski definition) is 5. The molecule has 1 aliphatic heterocycles. The Hall–Kier alpha value is -2.47. The molecule has 4 rings (SSSR count). The van der Waals surface area contributed by atoms with Gasteiger partial charge in [0, 0.05) is 24.5 Å². The Labute approximate surface area is 204 Å². The molecule has 7 nitrogen and oxygen atoms in total. The van der Waals surface area contributed by atoms with Crippen molar-refractivity contribution in [2.75, 3.05) is 5.32 Å². The summed E-state index contributed by atoms with van der Waals surface area (Å²) in [6.07, 6.45) is 6.42. The summed E-state index contributed by atoms with van der Waals surface area (Å²) in [7, 11) is 0. The summed E-state index contributed by atoms with van der Waals surface area (Å²) in [6.45, 7) is 8.60. The Morgan fingerprint density at radius 2 is 2.00 bits per heavy atom. The van der Waals surface area contributed by atoms with Gasteiger partial charge in [-0.1, -0.05) is 33.8 Å². The lowest BCUT2D eigenvalue weighted by molar-refractivity contribution is -0.206. The first-order valence-corrected chi connectivity index (χ1v) is 12.7. The van der Waals surface area contributed by atoms with Crippen LogP contribution in [0.25, 0.3) is 5.57 Å². The molecule has 4 N–H and O–H groups in total. The molecule has 1 saturated carbocycles. The first-order valence-electron chi connectivity index (χ1n) is 11.8. The number of rotatable bonds is 4. The fourth-order valence-corrected chi connectivity index (χ4v) is 6.01. The van der Waals surface area contributed by atoms with Crippen LogP contribution in [0.5, 0.6) is 0 Å². The SMILES string of the molecule is CC1(C)CC=C(c2nc(C3CC(C)(C)CC(O)(O)C3)ccc2NC(=O)C2=[SH]C=C(C#N)N2)CC1. The minimum absolute atomic E-state index is 0.0883. The number of carbonyl (C=O) groups excluding carboxylic acids is 1. The van der Waals surface area contributed by atoms with Crippen molar-refractivity contribution in [3.8, 4) is 6.07 Å². The molecule has 0 aromatic carbocycles. The number of carbonyl (C=O) groups is 1. The lowest BCUT2D eigenvalue weighted by Crippen LogP contribution is -2.42. The molecule has 2 heterocycles. The van der Waals surface area contributed by atoms with Crippen molar-refractivity contribution in [1.29, 1.82) is 5.26 Å². The van der Waals surface area contributed by atoms with E-state index >= 15 is 0 Å². The van der Waals surface area contributed by atoms with Crippen molar-refractivity contribution in [3.63, 3.8) is 0 Å². The van der Waals surface area contributed by atoms with Crippen LogP contribution in [-0.2, 0) is 4.79 Å². The Morgan fingerprint density at radius 1 is 1.24 bits per heavy atom. The van der Waals surface area contributed by atoms with Crippen LogP contribution in [0.1, 0.15) is 83.5 Å². The van der Waals surface area contributed by atoms with Gasteiger partial charge >= 0.3 is 0 Å². The largest absolute Gasteiger partial charge is 0.366 e. The van der Waals surface area contributed by atoms with Gasteiger partial charge in [0.05, 0.1) is 11.4 Å². The van der Waals surface area contributed by atoms with Crippen molar-refractivity contribution in [2.45, 2.75) is 77.9 Å². The second kappa shape index (κ2) is 8.95. The number of pyridine rings is 1.